The molecule has 1 aliphatic heterocycles. The number of nitrogens with zero attached hydrogens (tertiary/aromatic N) is 3. The van der Waals surface area contributed by atoms with Gasteiger partial charge in [-0.25, -0.2) is 9.79 Å². The summed E-state index contributed by atoms with van der Waals surface area (Å²) in [6.07, 6.45) is 1.76. The molecule has 0 saturated heterocycles. The normalized spacial score (nSPS) is 14.1. The van der Waals surface area contributed by atoms with Gasteiger partial charge in [-0.3, -0.25) is 9.36 Å². The number of hydrogen-bond acceptors (Lipinski definition) is 10. The molecule has 0 amide bonds. The number of carbonyl (C=O) groups is 1. The highest BCUT2D eigenvalue weighted by molar-refractivity contribution is 9.10. The van der Waals surface area contributed by atoms with E-state index in [0.29, 0.717) is 72.4 Å². The number of halogens is 1. The number of hydrogen-bond donors (Lipinski definition) is 0. The molecule has 4 aromatic rings. The number of methoxy groups -OCH3 is 1. The van der Waals surface area contributed by atoms with E-state index in [2.05, 4.69) is 27.0 Å². The van der Waals surface area contributed by atoms with Crippen molar-refractivity contribution in [1.82, 2.24) is 4.57 Å². The highest BCUT2D eigenvalue weighted by atomic mass is 79.9. The van der Waals surface area contributed by atoms with Gasteiger partial charge in [-0.2, -0.15) is 5.26 Å². The molecule has 1 aliphatic rings. The molecule has 0 bridgehead atoms. The van der Waals surface area contributed by atoms with Gasteiger partial charge >= 0.3 is 5.97 Å². The summed E-state index contributed by atoms with van der Waals surface area (Å²) in [7, 11) is 1.53. The highest BCUT2D eigenvalue weighted by Crippen LogP contribution is 2.41. The van der Waals surface area contributed by atoms with E-state index in [1.807, 2.05) is 38.1 Å². The standard InChI is InChI=1S/C36H34BrN3O7S/c1-6-44-29-15-22(13-14-27(29)47-20-24-12-10-9-11-23(24)19-38)16-31-34(41)40-33(25-17-28(43-5)30(45-7-2)18-26(25)37)32(35(42)46-8-3)21(4)39-36(40)48-31/h9-18,33H,6-8,20H2,1-5H3/b31-16+/t33-/m0/s1. The molecule has 0 spiro atoms. The summed E-state index contributed by atoms with van der Waals surface area (Å²) in [5, 5.41) is 9.44. The van der Waals surface area contributed by atoms with Gasteiger partial charge in [0.2, 0.25) is 0 Å². The molecule has 5 rings (SSSR count). The van der Waals surface area contributed by atoms with Gasteiger partial charge in [0.15, 0.2) is 27.8 Å². The quantitative estimate of drug-likeness (QED) is 0.167. The molecule has 0 unspecified atom stereocenters. The minimum absolute atomic E-state index is 0.160. The van der Waals surface area contributed by atoms with Crippen molar-refractivity contribution in [1.29, 1.82) is 5.26 Å². The van der Waals surface area contributed by atoms with Gasteiger partial charge in [-0.15, -0.1) is 0 Å². The van der Waals surface area contributed by atoms with Gasteiger partial charge in [-0.05, 0) is 75.2 Å². The van der Waals surface area contributed by atoms with Crippen LogP contribution in [0, 0.1) is 11.3 Å². The van der Waals surface area contributed by atoms with Crippen molar-refractivity contribution >= 4 is 39.3 Å². The second kappa shape index (κ2) is 15.4. The van der Waals surface area contributed by atoms with Gasteiger partial charge in [0.25, 0.3) is 5.56 Å². The topological polar surface area (TPSA) is 121 Å². The van der Waals surface area contributed by atoms with Gasteiger partial charge < -0.3 is 23.7 Å². The van der Waals surface area contributed by atoms with Crippen LogP contribution in [0.5, 0.6) is 23.0 Å². The van der Waals surface area contributed by atoms with E-state index in [-0.39, 0.29) is 24.3 Å². The minimum Gasteiger partial charge on any atom is -0.493 e. The molecule has 0 fully saturated rings. The summed E-state index contributed by atoms with van der Waals surface area (Å²) in [6, 6.07) is 17.5. The number of aromatic nitrogens is 1. The fourth-order valence-corrected chi connectivity index (χ4v) is 6.92. The molecule has 3 aromatic carbocycles. The van der Waals surface area contributed by atoms with Gasteiger partial charge in [0, 0.05) is 10.0 Å². The predicted octanol–water partition coefficient (Wildman–Crippen LogP) is 5.82. The number of thiazole rings is 1. The molecule has 12 heteroatoms. The van der Waals surface area contributed by atoms with Crippen molar-refractivity contribution in [2.75, 3.05) is 26.9 Å². The lowest BCUT2D eigenvalue weighted by Gasteiger charge is -2.26. The third-order valence-electron chi connectivity index (χ3n) is 7.48. The molecular weight excluding hydrogens is 698 g/mol. The third-order valence-corrected chi connectivity index (χ3v) is 9.15. The van der Waals surface area contributed by atoms with Crippen molar-refractivity contribution in [2.45, 2.75) is 40.3 Å². The van der Waals surface area contributed by atoms with Crippen LogP contribution in [0.1, 0.15) is 56.0 Å². The van der Waals surface area contributed by atoms with Crippen LogP contribution in [-0.4, -0.2) is 37.5 Å². The lowest BCUT2D eigenvalue weighted by molar-refractivity contribution is -0.139. The molecule has 1 aromatic heterocycles. The van der Waals surface area contributed by atoms with E-state index in [1.54, 1.807) is 50.3 Å². The minimum atomic E-state index is -0.854. The molecule has 248 valence electrons. The van der Waals surface area contributed by atoms with Crippen LogP contribution in [0.25, 0.3) is 6.08 Å². The van der Waals surface area contributed by atoms with E-state index in [1.165, 1.54) is 23.0 Å². The smallest absolute Gasteiger partial charge is 0.338 e. The van der Waals surface area contributed by atoms with Crippen LogP contribution in [0.4, 0.5) is 0 Å². The van der Waals surface area contributed by atoms with Crippen molar-refractivity contribution in [3.05, 3.63) is 112 Å². The summed E-state index contributed by atoms with van der Waals surface area (Å²) in [5.41, 5.74) is 2.98. The molecule has 0 radical (unpaired) electrons. The van der Waals surface area contributed by atoms with Crippen LogP contribution in [-0.2, 0) is 16.1 Å². The summed E-state index contributed by atoms with van der Waals surface area (Å²) in [5.74, 6) is 1.42. The van der Waals surface area contributed by atoms with Crippen molar-refractivity contribution in [3.63, 3.8) is 0 Å². The first-order valence-electron chi connectivity index (χ1n) is 15.3. The number of carbonyl (C=O) groups excluding carboxylic acids is 1. The Morgan fingerprint density at radius 2 is 1.73 bits per heavy atom. The highest BCUT2D eigenvalue weighted by Gasteiger charge is 2.35. The zero-order chi connectivity index (χ0) is 34.4. The van der Waals surface area contributed by atoms with E-state index in [9.17, 15) is 14.9 Å². The van der Waals surface area contributed by atoms with Crippen LogP contribution in [0.3, 0.4) is 0 Å². The Hall–Kier alpha value is -4.86. The molecular formula is C36H34BrN3O7S. The maximum atomic E-state index is 14.2. The molecule has 0 aliphatic carbocycles. The first-order chi connectivity index (χ1) is 23.2. The average Bonchev–Trinajstić information content (AvgIpc) is 3.38. The molecule has 2 heterocycles. The van der Waals surface area contributed by atoms with Crippen LogP contribution >= 0.6 is 27.3 Å². The monoisotopic (exact) mass is 731 g/mol. The van der Waals surface area contributed by atoms with Gasteiger partial charge in [0.05, 0.1) is 60.4 Å². The van der Waals surface area contributed by atoms with E-state index in [4.69, 9.17) is 23.7 Å². The number of esters is 1. The predicted molar refractivity (Wildman–Crippen MR) is 185 cm³/mol. The SMILES string of the molecule is CCOC(=O)C1=C(C)N=c2s/c(=C/c3ccc(OCc4ccccc4C#N)c(OCC)c3)c(=O)n2[C@H]1c1cc(OC)c(OCC)cc1Br. The summed E-state index contributed by atoms with van der Waals surface area (Å²) in [4.78, 5) is 32.7. The number of nitriles is 1. The van der Waals surface area contributed by atoms with Crippen molar-refractivity contribution in [3.8, 4) is 29.1 Å². The van der Waals surface area contributed by atoms with E-state index >= 15 is 0 Å². The maximum absolute atomic E-state index is 14.2. The number of ether oxygens (including phenoxy) is 5. The Balaban J connectivity index is 1.60. The Labute approximate surface area is 290 Å². The lowest BCUT2D eigenvalue weighted by Crippen LogP contribution is -2.40. The molecule has 48 heavy (non-hydrogen) atoms. The summed E-state index contributed by atoms with van der Waals surface area (Å²) < 4.78 is 31.3. The largest absolute Gasteiger partial charge is 0.493 e. The summed E-state index contributed by atoms with van der Waals surface area (Å²) >= 11 is 4.87. The molecule has 0 N–H and O–H groups in total. The second-order valence-corrected chi connectivity index (χ2v) is 12.3. The fourth-order valence-electron chi connectivity index (χ4n) is 5.34. The zero-order valence-electron chi connectivity index (χ0n) is 27.2. The third kappa shape index (κ3) is 7.02. The Morgan fingerprint density at radius 3 is 2.42 bits per heavy atom. The molecule has 0 saturated carbocycles. The Bertz CT molecular complexity index is 2110. The zero-order valence-corrected chi connectivity index (χ0v) is 29.6. The van der Waals surface area contributed by atoms with Gasteiger partial charge in [0.1, 0.15) is 6.61 Å². The average molecular weight is 733 g/mol. The number of fused-ring (bicyclic) bond motifs is 1. The number of benzene rings is 3. The van der Waals surface area contributed by atoms with Crippen LogP contribution in [0.2, 0.25) is 0 Å². The van der Waals surface area contributed by atoms with E-state index < -0.39 is 12.0 Å². The van der Waals surface area contributed by atoms with Crippen LogP contribution < -0.4 is 33.8 Å². The van der Waals surface area contributed by atoms with Crippen molar-refractivity contribution < 1.29 is 28.5 Å². The van der Waals surface area contributed by atoms with Gasteiger partial charge in [-0.1, -0.05) is 51.5 Å². The lowest BCUT2D eigenvalue weighted by atomic mass is 9.95. The Morgan fingerprint density at radius 1 is 1.00 bits per heavy atom. The van der Waals surface area contributed by atoms with Crippen molar-refractivity contribution in [2.24, 2.45) is 4.99 Å². The number of rotatable bonds is 12. The van der Waals surface area contributed by atoms with Crippen LogP contribution in [0.15, 0.2) is 80.1 Å². The maximum Gasteiger partial charge on any atom is 0.338 e. The molecule has 1 atom stereocenters. The first kappa shape index (κ1) is 34.5. The number of allylic oxidation sites excluding steroid dienone is 1. The fraction of sp³-hybridized carbons (Fsp3) is 0.278. The first-order valence-corrected chi connectivity index (χ1v) is 16.9. The van der Waals surface area contributed by atoms with E-state index in [0.717, 1.165) is 5.56 Å². The molecule has 10 nitrogen and oxygen atoms in total. The second-order valence-electron chi connectivity index (χ2n) is 10.5. The Kier molecular flexibility index (Phi) is 11.0. The summed E-state index contributed by atoms with van der Waals surface area (Å²) in [6.45, 7) is 8.38.